The van der Waals surface area contributed by atoms with E-state index < -0.39 is 10.0 Å². The number of anilines is 1. The fourth-order valence-corrected chi connectivity index (χ4v) is 4.12. The Morgan fingerprint density at radius 1 is 1.45 bits per heavy atom. The third kappa shape index (κ3) is 3.13. The molecule has 2 rings (SSSR count). The molecule has 1 unspecified atom stereocenters. The van der Waals surface area contributed by atoms with Crippen LogP contribution in [0.25, 0.3) is 0 Å². The first-order valence-electron chi connectivity index (χ1n) is 6.78. The van der Waals surface area contributed by atoms with Crippen LogP contribution in [0.5, 0.6) is 0 Å². The van der Waals surface area contributed by atoms with Gasteiger partial charge in [-0.1, -0.05) is 0 Å². The summed E-state index contributed by atoms with van der Waals surface area (Å²) in [5.74, 6) is 0.403. The molecule has 20 heavy (non-hydrogen) atoms. The molecular formula is C12H23N5O2S. The smallest absolute Gasteiger partial charge is 0.246 e. The summed E-state index contributed by atoms with van der Waals surface area (Å²) in [5.41, 5.74) is 6.25. The largest absolute Gasteiger partial charge is 0.381 e. The number of aryl methyl sites for hydroxylation is 1. The molecule has 0 aromatic carbocycles. The van der Waals surface area contributed by atoms with Crippen LogP contribution in [0.15, 0.2) is 4.90 Å². The Morgan fingerprint density at radius 3 is 2.70 bits per heavy atom. The molecule has 2 heterocycles. The van der Waals surface area contributed by atoms with Crippen LogP contribution in [0.4, 0.5) is 5.82 Å². The molecule has 0 bridgehead atoms. The van der Waals surface area contributed by atoms with Crippen LogP contribution in [0.2, 0.25) is 0 Å². The van der Waals surface area contributed by atoms with Crippen molar-refractivity contribution in [1.82, 2.24) is 19.4 Å². The van der Waals surface area contributed by atoms with Crippen LogP contribution < -0.4 is 10.5 Å². The van der Waals surface area contributed by atoms with Crippen LogP contribution in [-0.4, -0.2) is 49.8 Å². The summed E-state index contributed by atoms with van der Waals surface area (Å²) in [6.45, 7) is 4.15. The second-order valence-corrected chi connectivity index (χ2v) is 7.25. The van der Waals surface area contributed by atoms with Gasteiger partial charge in [0.15, 0.2) is 5.82 Å². The zero-order valence-corrected chi connectivity index (χ0v) is 13.1. The number of nitrogens with two attached hydrogens (primary N) is 1. The first kappa shape index (κ1) is 15.3. The molecule has 3 N–H and O–H groups in total. The minimum absolute atomic E-state index is 0.0539. The molecule has 7 nitrogen and oxygen atoms in total. The lowest BCUT2D eigenvalue weighted by Crippen LogP contribution is -2.39. The molecule has 0 radical (unpaired) electrons. The summed E-state index contributed by atoms with van der Waals surface area (Å²) in [5, 5.41) is 3.95. The van der Waals surface area contributed by atoms with E-state index in [0.29, 0.717) is 18.2 Å². The number of nitrogen functional groups attached to an aromatic ring is 1. The maximum absolute atomic E-state index is 12.4. The van der Waals surface area contributed by atoms with Crippen molar-refractivity contribution in [2.75, 3.05) is 32.4 Å². The van der Waals surface area contributed by atoms with E-state index in [0.717, 1.165) is 25.9 Å². The van der Waals surface area contributed by atoms with Crippen LogP contribution in [0.3, 0.4) is 0 Å². The number of nitrogens with zero attached hydrogens (tertiary/aromatic N) is 3. The van der Waals surface area contributed by atoms with E-state index >= 15 is 0 Å². The fourth-order valence-electron chi connectivity index (χ4n) is 2.69. The number of sulfonamides is 1. The van der Waals surface area contributed by atoms with Gasteiger partial charge in [0, 0.05) is 20.1 Å². The number of piperidine rings is 1. The molecule has 0 amide bonds. The fraction of sp³-hybridized carbons (Fsp3) is 0.750. The van der Waals surface area contributed by atoms with Crippen LogP contribution >= 0.6 is 0 Å². The molecule has 1 aromatic heterocycles. The average molecular weight is 301 g/mol. The van der Waals surface area contributed by atoms with E-state index in [2.05, 4.69) is 21.8 Å². The molecule has 1 saturated heterocycles. The summed E-state index contributed by atoms with van der Waals surface area (Å²) in [4.78, 5) is 2.33. The first-order chi connectivity index (χ1) is 9.31. The highest BCUT2D eigenvalue weighted by atomic mass is 32.2. The van der Waals surface area contributed by atoms with E-state index in [1.165, 1.54) is 4.68 Å². The van der Waals surface area contributed by atoms with Crippen molar-refractivity contribution in [2.45, 2.75) is 24.7 Å². The van der Waals surface area contributed by atoms with Crippen molar-refractivity contribution in [1.29, 1.82) is 0 Å². The van der Waals surface area contributed by atoms with Crippen molar-refractivity contribution in [3.63, 3.8) is 0 Å². The van der Waals surface area contributed by atoms with Gasteiger partial charge in [-0.25, -0.2) is 13.1 Å². The van der Waals surface area contributed by atoms with Gasteiger partial charge in [-0.05, 0) is 39.3 Å². The van der Waals surface area contributed by atoms with E-state index in [-0.39, 0.29) is 10.7 Å². The van der Waals surface area contributed by atoms with Crippen LogP contribution in [0.1, 0.15) is 18.5 Å². The number of likely N-dealkylation sites (tertiary alicyclic amines) is 1. The van der Waals surface area contributed by atoms with E-state index in [1.54, 1.807) is 14.0 Å². The maximum Gasteiger partial charge on any atom is 0.246 e. The van der Waals surface area contributed by atoms with Gasteiger partial charge in [0.2, 0.25) is 10.0 Å². The Labute approximate surface area is 120 Å². The minimum Gasteiger partial charge on any atom is -0.381 e. The Hall–Kier alpha value is -1.12. The molecule has 0 aliphatic carbocycles. The summed E-state index contributed by atoms with van der Waals surface area (Å²) < 4.78 is 28.9. The van der Waals surface area contributed by atoms with Crippen molar-refractivity contribution in [3.8, 4) is 0 Å². The summed E-state index contributed by atoms with van der Waals surface area (Å²) in [6.07, 6.45) is 2.16. The zero-order valence-electron chi connectivity index (χ0n) is 12.3. The van der Waals surface area contributed by atoms with Crippen molar-refractivity contribution in [3.05, 3.63) is 5.69 Å². The van der Waals surface area contributed by atoms with E-state index in [4.69, 9.17) is 5.73 Å². The first-order valence-corrected chi connectivity index (χ1v) is 8.27. The standard InChI is InChI=1S/C12H23N5O2S/c1-9-11(12(13)15-17(9)3)20(18,19)14-7-10-5-4-6-16(2)8-10/h10,14H,4-8H2,1-3H3,(H2,13,15). The van der Waals surface area contributed by atoms with Gasteiger partial charge in [-0.2, -0.15) is 5.10 Å². The SMILES string of the molecule is Cc1c(S(=O)(=O)NCC2CCCN(C)C2)c(N)nn1C. The lowest BCUT2D eigenvalue weighted by atomic mass is 9.99. The number of hydrogen-bond donors (Lipinski definition) is 2. The van der Waals surface area contributed by atoms with Gasteiger partial charge >= 0.3 is 0 Å². The molecule has 1 aliphatic rings. The summed E-state index contributed by atoms with van der Waals surface area (Å²) in [6, 6.07) is 0. The normalized spacial score (nSPS) is 21.2. The van der Waals surface area contributed by atoms with Gasteiger partial charge in [0.25, 0.3) is 0 Å². The van der Waals surface area contributed by atoms with Gasteiger partial charge in [0.1, 0.15) is 4.90 Å². The average Bonchev–Trinajstić information content (AvgIpc) is 2.61. The highest BCUT2D eigenvalue weighted by Gasteiger charge is 2.26. The highest BCUT2D eigenvalue weighted by molar-refractivity contribution is 7.89. The van der Waals surface area contributed by atoms with Crippen LogP contribution in [-0.2, 0) is 17.1 Å². The lowest BCUT2D eigenvalue weighted by Gasteiger charge is -2.29. The van der Waals surface area contributed by atoms with E-state index in [1.807, 2.05) is 0 Å². The topological polar surface area (TPSA) is 93.2 Å². The van der Waals surface area contributed by atoms with Crippen LogP contribution in [0, 0.1) is 12.8 Å². The quantitative estimate of drug-likeness (QED) is 0.812. The molecule has 114 valence electrons. The molecule has 0 spiro atoms. The molecule has 1 aromatic rings. The number of aromatic nitrogens is 2. The predicted octanol–water partition coefficient (Wildman–Crippen LogP) is -0.0692. The minimum atomic E-state index is -3.59. The second kappa shape index (κ2) is 5.71. The predicted molar refractivity (Wildman–Crippen MR) is 77.8 cm³/mol. The van der Waals surface area contributed by atoms with E-state index in [9.17, 15) is 8.42 Å². The monoisotopic (exact) mass is 301 g/mol. The number of rotatable bonds is 4. The Morgan fingerprint density at radius 2 is 2.15 bits per heavy atom. The summed E-state index contributed by atoms with van der Waals surface area (Å²) in [7, 11) is 0.146. The van der Waals surface area contributed by atoms with Gasteiger partial charge < -0.3 is 10.6 Å². The molecule has 1 fully saturated rings. The Bertz CT molecular complexity index is 581. The molecule has 1 atom stereocenters. The van der Waals surface area contributed by atoms with Gasteiger partial charge in [-0.15, -0.1) is 0 Å². The number of nitrogens with one attached hydrogen (secondary N) is 1. The molecular weight excluding hydrogens is 278 g/mol. The zero-order chi connectivity index (χ0) is 14.9. The molecule has 0 saturated carbocycles. The Kier molecular flexibility index (Phi) is 4.36. The number of hydrogen-bond acceptors (Lipinski definition) is 5. The van der Waals surface area contributed by atoms with Crippen molar-refractivity contribution >= 4 is 15.8 Å². The van der Waals surface area contributed by atoms with Crippen molar-refractivity contribution in [2.24, 2.45) is 13.0 Å². The second-order valence-electron chi connectivity index (χ2n) is 5.55. The third-order valence-corrected chi connectivity index (χ3v) is 5.45. The lowest BCUT2D eigenvalue weighted by molar-refractivity contribution is 0.211. The summed E-state index contributed by atoms with van der Waals surface area (Å²) >= 11 is 0. The van der Waals surface area contributed by atoms with Crippen molar-refractivity contribution < 1.29 is 8.42 Å². The third-order valence-electron chi connectivity index (χ3n) is 3.86. The van der Waals surface area contributed by atoms with Gasteiger partial charge in [-0.3, -0.25) is 4.68 Å². The maximum atomic E-state index is 12.4. The molecule has 8 heteroatoms. The van der Waals surface area contributed by atoms with Gasteiger partial charge in [0.05, 0.1) is 5.69 Å². The molecule has 1 aliphatic heterocycles. The highest BCUT2D eigenvalue weighted by Crippen LogP contribution is 2.21. The Balaban J connectivity index is 2.08.